The average molecular weight is 279 g/mol. The molecular weight excluding hydrogens is 264 g/mol. The van der Waals surface area contributed by atoms with E-state index in [1.165, 1.54) is 12.8 Å². The average Bonchev–Trinajstić information content (AvgIpc) is 2.83. The minimum Gasteiger partial charge on any atom is -0.486 e. The molecule has 0 amide bonds. The Morgan fingerprint density at radius 3 is 3.05 bits per heavy atom. The van der Waals surface area contributed by atoms with Crippen LogP contribution < -0.4 is 10.5 Å². The first-order valence-corrected chi connectivity index (χ1v) is 6.70. The number of nitrogens with zero attached hydrogens (tertiary/aromatic N) is 3. The van der Waals surface area contributed by atoms with Gasteiger partial charge in [0.25, 0.3) is 0 Å². The van der Waals surface area contributed by atoms with Crippen molar-refractivity contribution in [3.05, 3.63) is 34.9 Å². The number of anilines is 1. The summed E-state index contributed by atoms with van der Waals surface area (Å²) in [5.41, 5.74) is 6.21. The number of ether oxygens (including phenoxy) is 1. The maximum atomic E-state index is 5.95. The summed E-state index contributed by atoms with van der Waals surface area (Å²) in [6.07, 6.45) is 3.36. The van der Waals surface area contributed by atoms with E-state index in [0.717, 1.165) is 24.6 Å². The Balaban J connectivity index is 1.72. The molecule has 0 unspecified atom stereocenters. The molecule has 5 nitrogen and oxygen atoms in total. The Morgan fingerprint density at radius 2 is 2.21 bits per heavy atom. The second kappa shape index (κ2) is 5.09. The van der Waals surface area contributed by atoms with E-state index in [1.807, 2.05) is 0 Å². The Hall–Kier alpha value is -1.75. The Morgan fingerprint density at radius 1 is 1.32 bits per heavy atom. The number of aryl methyl sites for hydroxylation is 1. The number of hydrogen-bond acceptors (Lipinski definition) is 4. The first-order chi connectivity index (χ1) is 9.24. The van der Waals surface area contributed by atoms with E-state index in [0.29, 0.717) is 23.1 Å². The molecule has 0 saturated heterocycles. The van der Waals surface area contributed by atoms with E-state index in [-0.39, 0.29) is 0 Å². The molecule has 6 heteroatoms. The zero-order valence-electron chi connectivity index (χ0n) is 10.5. The van der Waals surface area contributed by atoms with Crippen molar-refractivity contribution in [2.75, 3.05) is 5.73 Å². The van der Waals surface area contributed by atoms with Crippen LogP contribution in [-0.2, 0) is 19.6 Å². The fraction of sp³-hybridized carbons (Fsp3) is 0.385. The fourth-order valence-electron chi connectivity index (χ4n) is 2.22. The SMILES string of the molecule is Nc1ccc(OCc2nnc3n2CCCC3)cc1Cl. The number of aromatic nitrogens is 3. The molecule has 1 aliphatic heterocycles. The van der Waals surface area contributed by atoms with Gasteiger partial charge in [-0.1, -0.05) is 11.6 Å². The molecule has 1 aliphatic rings. The van der Waals surface area contributed by atoms with Crippen molar-refractivity contribution in [3.63, 3.8) is 0 Å². The highest BCUT2D eigenvalue weighted by atomic mass is 35.5. The molecule has 1 aromatic carbocycles. The van der Waals surface area contributed by atoms with Crippen molar-refractivity contribution in [3.8, 4) is 5.75 Å². The van der Waals surface area contributed by atoms with Crippen LogP contribution in [0.4, 0.5) is 5.69 Å². The quantitative estimate of drug-likeness (QED) is 0.876. The van der Waals surface area contributed by atoms with Crippen LogP contribution in [0.3, 0.4) is 0 Å². The molecule has 0 spiro atoms. The summed E-state index contributed by atoms with van der Waals surface area (Å²) >= 11 is 5.95. The van der Waals surface area contributed by atoms with E-state index in [2.05, 4.69) is 14.8 Å². The molecule has 3 rings (SSSR count). The monoisotopic (exact) mass is 278 g/mol. The van der Waals surface area contributed by atoms with Crippen molar-refractivity contribution in [2.24, 2.45) is 0 Å². The third kappa shape index (κ3) is 2.51. The number of halogens is 1. The standard InChI is InChI=1S/C13H15ClN4O/c14-10-7-9(4-5-11(10)15)19-8-13-17-16-12-3-1-2-6-18(12)13/h4-5,7H,1-3,6,8,15H2. The van der Waals surface area contributed by atoms with Crippen LogP contribution >= 0.6 is 11.6 Å². The third-order valence-electron chi connectivity index (χ3n) is 3.28. The van der Waals surface area contributed by atoms with Crippen molar-refractivity contribution in [2.45, 2.75) is 32.4 Å². The van der Waals surface area contributed by atoms with E-state index >= 15 is 0 Å². The summed E-state index contributed by atoms with van der Waals surface area (Å²) < 4.78 is 7.83. The van der Waals surface area contributed by atoms with Crippen LogP contribution in [0.15, 0.2) is 18.2 Å². The molecule has 0 bridgehead atoms. The van der Waals surface area contributed by atoms with Crippen LogP contribution in [0.25, 0.3) is 0 Å². The zero-order chi connectivity index (χ0) is 13.2. The predicted molar refractivity (Wildman–Crippen MR) is 73.2 cm³/mol. The second-order valence-electron chi connectivity index (χ2n) is 4.61. The summed E-state index contributed by atoms with van der Waals surface area (Å²) in [6.45, 7) is 1.37. The minimum atomic E-state index is 0.396. The molecule has 0 atom stereocenters. The molecule has 19 heavy (non-hydrogen) atoms. The van der Waals surface area contributed by atoms with Crippen LogP contribution in [0.1, 0.15) is 24.5 Å². The summed E-state index contributed by atoms with van der Waals surface area (Å²) in [5.74, 6) is 2.61. The van der Waals surface area contributed by atoms with Crippen molar-refractivity contribution in [1.29, 1.82) is 0 Å². The summed E-state index contributed by atoms with van der Waals surface area (Å²) in [5, 5.41) is 8.87. The topological polar surface area (TPSA) is 66.0 Å². The van der Waals surface area contributed by atoms with Crippen LogP contribution in [-0.4, -0.2) is 14.8 Å². The molecule has 0 radical (unpaired) electrons. The lowest BCUT2D eigenvalue weighted by molar-refractivity contribution is 0.286. The van der Waals surface area contributed by atoms with Crippen LogP contribution in [0.2, 0.25) is 5.02 Å². The molecule has 1 aromatic heterocycles. The molecule has 0 saturated carbocycles. The van der Waals surface area contributed by atoms with Gasteiger partial charge in [0.05, 0.1) is 10.7 Å². The van der Waals surface area contributed by atoms with Gasteiger partial charge in [-0.3, -0.25) is 0 Å². The number of rotatable bonds is 3. The molecule has 0 aliphatic carbocycles. The lowest BCUT2D eigenvalue weighted by Crippen LogP contribution is -2.14. The molecule has 2 N–H and O–H groups in total. The first-order valence-electron chi connectivity index (χ1n) is 6.33. The number of nitrogens with two attached hydrogens (primary N) is 1. The maximum absolute atomic E-state index is 5.95. The zero-order valence-corrected chi connectivity index (χ0v) is 11.2. The number of fused-ring (bicyclic) bond motifs is 1. The van der Waals surface area contributed by atoms with Crippen molar-refractivity contribution >= 4 is 17.3 Å². The largest absolute Gasteiger partial charge is 0.486 e. The van der Waals surface area contributed by atoms with E-state index in [1.54, 1.807) is 18.2 Å². The van der Waals surface area contributed by atoms with Gasteiger partial charge in [-0.15, -0.1) is 10.2 Å². The lowest BCUT2D eigenvalue weighted by Gasteiger charge is -2.15. The molecule has 100 valence electrons. The fourth-order valence-corrected chi connectivity index (χ4v) is 2.39. The first kappa shape index (κ1) is 12.3. The lowest BCUT2D eigenvalue weighted by atomic mass is 10.2. The van der Waals surface area contributed by atoms with Crippen molar-refractivity contribution in [1.82, 2.24) is 14.8 Å². The number of nitrogen functional groups attached to an aromatic ring is 1. The molecular formula is C13H15ClN4O. The highest BCUT2D eigenvalue weighted by Gasteiger charge is 2.15. The van der Waals surface area contributed by atoms with Gasteiger partial charge in [-0.05, 0) is 25.0 Å². The van der Waals surface area contributed by atoms with Gasteiger partial charge < -0.3 is 15.0 Å². The van der Waals surface area contributed by atoms with Gasteiger partial charge in [0.2, 0.25) is 0 Å². The van der Waals surface area contributed by atoms with Gasteiger partial charge >= 0.3 is 0 Å². The van der Waals surface area contributed by atoms with Gasteiger partial charge in [0.15, 0.2) is 5.82 Å². The summed E-state index contributed by atoms with van der Waals surface area (Å²) in [7, 11) is 0. The van der Waals surface area contributed by atoms with Crippen molar-refractivity contribution < 1.29 is 4.74 Å². The third-order valence-corrected chi connectivity index (χ3v) is 3.60. The van der Waals surface area contributed by atoms with Crippen LogP contribution in [0.5, 0.6) is 5.75 Å². The Bertz CT molecular complexity index is 596. The second-order valence-corrected chi connectivity index (χ2v) is 5.02. The smallest absolute Gasteiger partial charge is 0.171 e. The van der Waals surface area contributed by atoms with Gasteiger partial charge in [-0.25, -0.2) is 0 Å². The highest BCUT2D eigenvalue weighted by Crippen LogP contribution is 2.25. The molecule has 2 heterocycles. The summed E-state index contributed by atoms with van der Waals surface area (Å²) in [6, 6.07) is 5.25. The predicted octanol–water partition coefficient (Wildman–Crippen LogP) is 2.43. The minimum absolute atomic E-state index is 0.396. The maximum Gasteiger partial charge on any atom is 0.171 e. The molecule has 2 aromatic rings. The van der Waals surface area contributed by atoms with Gasteiger partial charge in [0, 0.05) is 19.0 Å². The van der Waals surface area contributed by atoms with Gasteiger partial charge in [0.1, 0.15) is 18.2 Å². The van der Waals surface area contributed by atoms with Crippen LogP contribution in [0, 0.1) is 0 Å². The van der Waals surface area contributed by atoms with E-state index in [9.17, 15) is 0 Å². The van der Waals surface area contributed by atoms with E-state index < -0.39 is 0 Å². The molecule has 0 fully saturated rings. The normalized spacial score (nSPS) is 14.2. The number of hydrogen-bond donors (Lipinski definition) is 1. The van der Waals surface area contributed by atoms with Gasteiger partial charge in [-0.2, -0.15) is 0 Å². The van der Waals surface area contributed by atoms with E-state index in [4.69, 9.17) is 22.1 Å². The Kier molecular flexibility index (Phi) is 3.29. The number of benzene rings is 1. The highest BCUT2D eigenvalue weighted by molar-refractivity contribution is 6.33. The Labute approximate surface area is 116 Å². The summed E-state index contributed by atoms with van der Waals surface area (Å²) in [4.78, 5) is 0.